The van der Waals surface area contributed by atoms with E-state index in [2.05, 4.69) is 20.6 Å². The molecule has 0 saturated heterocycles. The molecule has 0 aliphatic heterocycles. The first-order chi connectivity index (χ1) is 14.7. The first-order valence-electron chi connectivity index (χ1n) is 9.59. The number of hydrogen-bond acceptors (Lipinski definition) is 4. The number of halogens is 1. The average Bonchev–Trinajstić information content (AvgIpc) is 3.13. The van der Waals surface area contributed by atoms with Crippen LogP contribution in [-0.2, 0) is 26.0 Å². The molecular weight excluding hydrogens is 423 g/mol. The van der Waals surface area contributed by atoms with Crippen LogP contribution in [0.15, 0.2) is 59.6 Å². The molecule has 0 spiro atoms. The monoisotopic (exact) mass is 446 g/mol. The molecule has 1 atom stereocenters. The van der Waals surface area contributed by atoms with E-state index in [0.29, 0.717) is 0 Å². The second-order valence-corrected chi connectivity index (χ2v) is 9.03. The Hall–Kier alpha value is -3.24. The van der Waals surface area contributed by atoms with E-state index in [1.54, 1.807) is 20.0 Å². The highest BCUT2D eigenvalue weighted by Gasteiger charge is 2.30. The summed E-state index contributed by atoms with van der Waals surface area (Å²) in [5.74, 6) is -2.63. The number of carbonyl (C=O) groups excluding carboxylic acids is 2. The van der Waals surface area contributed by atoms with E-state index < -0.39 is 44.5 Å². The Balaban J connectivity index is 1.64. The topological polar surface area (TPSA) is 120 Å². The van der Waals surface area contributed by atoms with Crippen molar-refractivity contribution in [3.05, 3.63) is 66.1 Å². The minimum absolute atomic E-state index is 0.0115. The molecule has 8 nitrogen and oxygen atoms in total. The van der Waals surface area contributed by atoms with Crippen LogP contribution in [0.25, 0.3) is 10.9 Å². The highest BCUT2D eigenvalue weighted by molar-refractivity contribution is 7.89. The van der Waals surface area contributed by atoms with E-state index in [0.717, 1.165) is 28.6 Å². The summed E-state index contributed by atoms with van der Waals surface area (Å²) in [6, 6.07) is 11.1. The lowest BCUT2D eigenvalue weighted by Gasteiger charge is -2.22. The molecule has 2 amide bonds. The molecular formula is C21H23FN4O4S. The number of aromatic amines is 1. The lowest BCUT2D eigenvalue weighted by molar-refractivity contribution is -0.130. The van der Waals surface area contributed by atoms with E-state index in [1.807, 2.05) is 24.3 Å². The van der Waals surface area contributed by atoms with Gasteiger partial charge in [0, 0.05) is 17.1 Å². The Labute approximate surface area is 179 Å². The third-order valence-electron chi connectivity index (χ3n) is 4.71. The summed E-state index contributed by atoms with van der Waals surface area (Å²) < 4.78 is 41.2. The molecule has 0 unspecified atom stereocenters. The zero-order chi connectivity index (χ0) is 22.6. The molecule has 164 valence electrons. The van der Waals surface area contributed by atoms with E-state index >= 15 is 0 Å². The van der Waals surface area contributed by atoms with Crippen LogP contribution in [0.2, 0.25) is 0 Å². The molecule has 10 heteroatoms. The number of carbonyl (C=O) groups is 2. The number of amides is 2. The summed E-state index contributed by atoms with van der Waals surface area (Å²) >= 11 is 0. The van der Waals surface area contributed by atoms with Crippen molar-refractivity contribution >= 4 is 32.7 Å². The smallest absolute Gasteiger partial charge is 0.256 e. The number of benzene rings is 2. The number of hydrazine groups is 1. The second-order valence-electron chi connectivity index (χ2n) is 7.35. The SMILES string of the molecule is CC(C)[C@H](NS(=O)(=O)c1ccccc1F)C(=O)NNC(=O)Cc1c[nH]c2ccccc12. The minimum atomic E-state index is -4.29. The Kier molecular flexibility index (Phi) is 6.71. The van der Waals surface area contributed by atoms with Gasteiger partial charge in [0.05, 0.1) is 6.42 Å². The lowest BCUT2D eigenvalue weighted by atomic mass is 10.1. The number of rotatable bonds is 7. The molecule has 0 radical (unpaired) electrons. The lowest BCUT2D eigenvalue weighted by Crippen LogP contribution is -2.54. The van der Waals surface area contributed by atoms with Crippen molar-refractivity contribution in [3.63, 3.8) is 0 Å². The summed E-state index contributed by atoms with van der Waals surface area (Å²) in [7, 11) is -4.29. The maximum atomic E-state index is 13.9. The molecule has 2 aromatic carbocycles. The number of nitrogens with one attached hydrogen (secondary N) is 4. The van der Waals surface area contributed by atoms with Crippen LogP contribution >= 0.6 is 0 Å². The van der Waals surface area contributed by atoms with Gasteiger partial charge in [-0.3, -0.25) is 20.4 Å². The summed E-state index contributed by atoms with van der Waals surface area (Å²) in [6.07, 6.45) is 1.73. The van der Waals surface area contributed by atoms with Gasteiger partial charge in [-0.2, -0.15) is 4.72 Å². The van der Waals surface area contributed by atoms with Crippen molar-refractivity contribution in [1.82, 2.24) is 20.6 Å². The molecule has 1 heterocycles. The van der Waals surface area contributed by atoms with Crippen LogP contribution in [0.1, 0.15) is 19.4 Å². The molecule has 0 bridgehead atoms. The first-order valence-corrected chi connectivity index (χ1v) is 11.1. The first kappa shape index (κ1) is 22.4. The molecule has 3 rings (SSSR count). The maximum Gasteiger partial charge on any atom is 0.256 e. The van der Waals surface area contributed by atoms with Crippen molar-refractivity contribution in [1.29, 1.82) is 0 Å². The highest BCUT2D eigenvalue weighted by atomic mass is 32.2. The van der Waals surface area contributed by atoms with Crippen molar-refractivity contribution in [2.24, 2.45) is 5.92 Å². The van der Waals surface area contributed by atoms with Crippen molar-refractivity contribution in [2.75, 3.05) is 0 Å². The molecule has 0 aliphatic rings. The molecule has 4 N–H and O–H groups in total. The van der Waals surface area contributed by atoms with Gasteiger partial charge in [0.1, 0.15) is 16.8 Å². The molecule has 0 fully saturated rings. The van der Waals surface area contributed by atoms with Gasteiger partial charge in [0.25, 0.3) is 5.91 Å². The highest BCUT2D eigenvalue weighted by Crippen LogP contribution is 2.18. The predicted octanol–water partition coefficient (Wildman–Crippen LogP) is 2.00. The van der Waals surface area contributed by atoms with Crippen LogP contribution in [0.3, 0.4) is 0 Å². The minimum Gasteiger partial charge on any atom is -0.361 e. The van der Waals surface area contributed by atoms with E-state index in [9.17, 15) is 22.4 Å². The Morgan fingerprint density at radius 3 is 2.42 bits per heavy atom. The molecule has 0 saturated carbocycles. The number of fused-ring (bicyclic) bond motifs is 1. The number of para-hydroxylation sites is 1. The van der Waals surface area contributed by atoms with Crippen LogP contribution < -0.4 is 15.6 Å². The second kappa shape index (κ2) is 9.27. The average molecular weight is 447 g/mol. The third kappa shape index (κ3) is 5.28. The van der Waals surface area contributed by atoms with Crippen molar-refractivity contribution in [2.45, 2.75) is 31.2 Å². The van der Waals surface area contributed by atoms with Gasteiger partial charge in [0.15, 0.2) is 0 Å². The van der Waals surface area contributed by atoms with Crippen LogP contribution in [0.5, 0.6) is 0 Å². The largest absolute Gasteiger partial charge is 0.361 e. The predicted molar refractivity (Wildman–Crippen MR) is 114 cm³/mol. The number of sulfonamides is 1. The van der Waals surface area contributed by atoms with Crippen LogP contribution in [0.4, 0.5) is 4.39 Å². The fraction of sp³-hybridized carbons (Fsp3) is 0.238. The van der Waals surface area contributed by atoms with E-state index in [1.165, 1.54) is 12.1 Å². The number of H-pyrrole nitrogens is 1. The van der Waals surface area contributed by atoms with Gasteiger partial charge in [-0.25, -0.2) is 12.8 Å². The number of aromatic nitrogens is 1. The Morgan fingerprint density at radius 2 is 1.71 bits per heavy atom. The van der Waals surface area contributed by atoms with E-state index in [4.69, 9.17) is 0 Å². The zero-order valence-electron chi connectivity index (χ0n) is 17.0. The molecule has 31 heavy (non-hydrogen) atoms. The molecule has 1 aromatic heterocycles. The fourth-order valence-corrected chi connectivity index (χ4v) is 4.51. The van der Waals surface area contributed by atoms with Gasteiger partial charge in [-0.05, 0) is 29.7 Å². The van der Waals surface area contributed by atoms with Gasteiger partial charge < -0.3 is 4.98 Å². The molecule has 3 aromatic rings. The van der Waals surface area contributed by atoms with Crippen LogP contribution in [-0.4, -0.2) is 31.3 Å². The summed E-state index contributed by atoms with van der Waals surface area (Å²) in [5, 5.41) is 0.890. The fourth-order valence-electron chi connectivity index (χ4n) is 3.09. The van der Waals surface area contributed by atoms with Gasteiger partial charge in [-0.1, -0.05) is 44.2 Å². The normalized spacial score (nSPS) is 12.6. The van der Waals surface area contributed by atoms with Gasteiger partial charge in [0.2, 0.25) is 15.9 Å². The van der Waals surface area contributed by atoms with Gasteiger partial charge in [-0.15, -0.1) is 0 Å². The van der Waals surface area contributed by atoms with Crippen molar-refractivity contribution in [3.8, 4) is 0 Å². The third-order valence-corrected chi connectivity index (χ3v) is 6.18. The number of hydrogen-bond donors (Lipinski definition) is 4. The quantitative estimate of drug-likeness (QED) is 0.415. The molecule has 0 aliphatic carbocycles. The van der Waals surface area contributed by atoms with E-state index in [-0.39, 0.29) is 6.42 Å². The van der Waals surface area contributed by atoms with Gasteiger partial charge >= 0.3 is 0 Å². The standard InChI is InChI=1S/C21H23FN4O4S/c1-13(2)20(26-31(29,30)18-10-6-4-8-16(18)22)21(28)25-24-19(27)11-14-12-23-17-9-5-3-7-15(14)17/h3-10,12-13,20,23,26H,11H2,1-2H3,(H,24,27)(H,25,28)/t20-/m0/s1. The summed E-state index contributed by atoms with van der Waals surface area (Å²) in [6.45, 7) is 3.25. The maximum absolute atomic E-state index is 13.9. The Morgan fingerprint density at radius 1 is 1.03 bits per heavy atom. The zero-order valence-corrected chi connectivity index (χ0v) is 17.8. The van der Waals surface area contributed by atoms with Crippen molar-refractivity contribution < 1.29 is 22.4 Å². The summed E-state index contributed by atoms with van der Waals surface area (Å²) in [4.78, 5) is 27.3. The summed E-state index contributed by atoms with van der Waals surface area (Å²) in [5.41, 5.74) is 6.18. The Bertz CT molecular complexity index is 1210. The van der Waals surface area contributed by atoms with Crippen LogP contribution in [0, 0.1) is 11.7 Å².